The van der Waals surface area contributed by atoms with Gasteiger partial charge in [0, 0.05) is 9.79 Å². The van der Waals surface area contributed by atoms with Crippen molar-refractivity contribution in [1.82, 2.24) is 0 Å². The molecule has 0 heterocycles. The lowest BCUT2D eigenvalue weighted by Crippen LogP contribution is -2.34. The Labute approximate surface area is 279 Å². The van der Waals surface area contributed by atoms with E-state index in [1.807, 2.05) is 6.92 Å². The molecular formula is C36H59BO3S3. The van der Waals surface area contributed by atoms with Gasteiger partial charge in [-0.2, -0.15) is 0 Å². The Morgan fingerprint density at radius 3 is 1.33 bits per heavy atom. The average Bonchev–Trinajstić information content (AvgIpc) is 2.97. The zero-order chi connectivity index (χ0) is 31.1. The predicted molar refractivity (Wildman–Crippen MR) is 194 cm³/mol. The number of rotatable bonds is 26. The molecule has 2 aromatic rings. The number of thiol groups is 1. The fourth-order valence-corrected chi connectivity index (χ4v) is 7.24. The molecular weight excluding hydrogens is 587 g/mol. The van der Waals surface area contributed by atoms with Crippen LogP contribution in [0.25, 0.3) is 0 Å². The van der Waals surface area contributed by atoms with Gasteiger partial charge < -0.3 is 14.0 Å². The maximum atomic E-state index is 6.32. The maximum absolute atomic E-state index is 6.32. The summed E-state index contributed by atoms with van der Waals surface area (Å²) in [6.45, 7) is 10.6. The Morgan fingerprint density at radius 1 is 0.558 bits per heavy atom. The second-order valence-corrected chi connectivity index (χ2v) is 15.0. The molecule has 0 bridgehead atoms. The minimum atomic E-state index is -0.789. The maximum Gasteiger partial charge on any atom is 0.641 e. The van der Waals surface area contributed by atoms with E-state index in [1.165, 1.54) is 111 Å². The first kappa shape index (κ1) is 38.6. The summed E-state index contributed by atoms with van der Waals surface area (Å²) in [5.41, 5.74) is 2.25. The largest absolute Gasteiger partial charge is 0.641 e. The van der Waals surface area contributed by atoms with Crippen LogP contribution in [-0.2, 0) is 26.8 Å². The molecule has 0 aliphatic carbocycles. The molecule has 0 saturated carbocycles. The van der Waals surface area contributed by atoms with Crippen molar-refractivity contribution in [2.24, 2.45) is 0 Å². The van der Waals surface area contributed by atoms with Crippen molar-refractivity contribution in [2.75, 3.05) is 0 Å². The van der Waals surface area contributed by atoms with Crippen molar-refractivity contribution in [1.29, 1.82) is 0 Å². The van der Waals surface area contributed by atoms with Crippen molar-refractivity contribution < 1.29 is 14.0 Å². The summed E-state index contributed by atoms with van der Waals surface area (Å²) in [5.74, 6) is 0. The molecule has 0 radical (unpaired) electrons. The number of thioether (sulfide) groups is 2. The van der Waals surface area contributed by atoms with E-state index in [0.717, 1.165) is 12.8 Å². The normalized spacial score (nSPS) is 13.6. The van der Waals surface area contributed by atoms with Gasteiger partial charge in [0.15, 0.2) is 0 Å². The van der Waals surface area contributed by atoms with E-state index in [1.54, 1.807) is 23.5 Å². The van der Waals surface area contributed by atoms with E-state index in [0.29, 0.717) is 0 Å². The van der Waals surface area contributed by atoms with E-state index >= 15 is 0 Å². The van der Waals surface area contributed by atoms with Crippen LogP contribution in [-0.4, -0.2) is 23.6 Å². The summed E-state index contributed by atoms with van der Waals surface area (Å²) in [4.78, 5) is 2.56. The summed E-state index contributed by atoms with van der Waals surface area (Å²) in [5, 5.41) is 0. The molecule has 43 heavy (non-hydrogen) atoms. The van der Waals surface area contributed by atoms with Crippen LogP contribution in [0, 0.1) is 0 Å². The Bertz CT molecular complexity index is 889. The zero-order valence-corrected chi connectivity index (χ0v) is 30.3. The highest BCUT2D eigenvalue weighted by Crippen LogP contribution is 2.32. The number of hydrogen-bond acceptors (Lipinski definition) is 6. The SMILES string of the molecule is CCCCCCCCCc1ccccc1SC(C)OB(OC(C)S)OC(C)Sc1ccccc1CCCCCCCCC. The van der Waals surface area contributed by atoms with Crippen molar-refractivity contribution >= 4 is 43.5 Å². The van der Waals surface area contributed by atoms with Crippen LogP contribution in [0.3, 0.4) is 0 Å². The lowest BCUT2D eigenvalue weighted by Gasteiger charge is -2.24. The Morgan fingerprint density at radius 2 is 0.930 bits per heavy atom. The number of benzene rings is 2. The molecule has 0 fully saturated rings. The summed E-state index contributed by atoms with van der Waals surface area (Å²) in [6.07, 6.45) is 20.8. The molecule has 3 unspecified atom stereocenters. The van der Waals surface area contributed by atoms with E-state index in [2.05, 4.69) is 88.9 Å². The van der Waals surface area contributed by atoms with Crippen molar-refractivity contribution in [3.8, 4) is 0 Å². The van der Waals surface area contributed by atoms with Crippen molar-refractivity contribution in [3.05, 3.63) is 59.7 Å². The third-order valence-electron chi connectivity index (χ3n) is 7.54. The highest BCUT2D eigenvalue weighted by molar-refractivity contribution is 8.00. The molecule has 0 aliphatic rings. The minimum absolute atomic E-state index is 0.130. The van der Waals surface area contributed by atoms with Gasteiger partial charge in [-0.1, -0.05) is 151 Å². The Kier molecular flexibility index (Phi) is 22.1. The summed E-state index contributed by atoms with van der Waals surface area (Å²) < 4.78 is 18.6. The molecule has 0 spiro atoms. The van der Waals surface area contributed by atoms with Gasteiger partial charge >= 0.3 is 7.32 Å². The highest BCUT2D eigenvalue weighted by atomic mass is 32.2. The van der Waals surface area contributed by atoms with E-state index in [9.17, 15) is 0 Å². The zero-order valence-electron chi connectivity index (χ0n) is 27.7. The van der Waals surface area contributed by atoms with Crippen LogP contribution in [0.2, 0.25) is 0 Å². The van der Waals surface area contributed by atoms with Gasteiger partial charge in [-0.15, -0.1) is 12.6 Å². The molecule has 0 aliphatic heterocycles. The van der Waals surface area contributed by atoms with Gasteiger partial charge in [0.1, 0.15) is 0 Å². The first-order chi connectivity index (χ1) is 20.9. The van der Waals surface area contributed by atoms with Gasteiger partial charge in [0.05, 0.1) is 16.3 Å². The molecule has 0 amide bonds. The smallest absolute Gasteiger partial charge is 0.374 e. The molecule has 0 N–H and O–H groups in total. The standard InChI is InChI=1S/C36H59BO3S3/c1-6-8-10-12-14-16-18-24-33-26-20-22-28-35(33)42-31(4)39-37(38-30(3)41)40-32(5)43-36-29-23-21-27-34(36)25-19-17-15-13-11-9-7-2/h20-23,26-32,41H,6-19,24-25H2,1-5H3. The van der Waals surface area contributed by atoms with Gasteiger partial charge in [0.25, 0.3) is 0 Å². The van der Waals surface area contributed by atoms with Gasteiger partial charge in [0.2, 0.25) is 0 Å². The molecule has 0 saturated heterocycles. The number of aryl methyl sites for hydroxylation is 2. The van der Waals surface area contributed by atoms with E-state index in [-0.39, 0.29) is 16.3 Å². The fraction of sp³-hybridized carbons (Fsp3) is 0.667. The average molecular weight is 647 g/mol. The lowest BCUT2D eigenvalue weighted by molar-refractivity contribution is 0.0814. The summed E-state index contributed by atoms with van der Waals surface area (Å²) >= 11 is 7.94. The number of hydrogen-bond donors (Lipinski definition) is 1. The minimum Gasteiger partial charge on any atom is -0.374 e. The van der Waals surface area contributed by atoms with Crippen molar-refractivity contribution in [2.45, 2.75) is 163 Å². The van der Waals surface area contributed by atoms with Crippen LogP contribution in [0.15, 0.2) is 58.3 Å². The molecule has 0 aromatic heterocycles. The highest BCUT2D eigenvalue weighted by Gasteiger charge is 2.29. The van der Waals surface area contributed by atoms with Crippen LogP contribution < -0.4 is 0 Å². The summed E-state index contributed by atoms with van der Waals surface area (Å²) in [7, 11) is -0.789. The quantitative estimate of drug-likeness (QED) is 0.0361. The number of unbranched alkanes of at least 4 members (excludes halogenated alkanes) is 12. The molecule has 7 heteroatoms. The third kappa shape index (κ3) is 18.2. The third-order valence-corrected chi connectivity index (χ3v) is 9.86. The molecule has 2 rings (SSSR count). The second-order valence-electron chi connectivity index (χ2n) is 11.6. The topological polar surface area (TPSA) is 27.7 Å². The van der Waals surface area contributed by atoms with Crippen LogP contribution in [0.5, 0.6) is 0 Å². The Hall–Kier alpha value is -0.565. The molecule has 242 valence electrons. The molecule has 3 atom stereocenters. The van der Waals surface area contributed by atoms with Gasteiger partial charge in [-0.05, 0) is 69.7 Å². The van der Waals surface area contributed by atoms with Crippen LogP contribution in [0.1, 0.15) is 136 Å². The van der Waals surface area contributed by atoms with E-state index < -0.39 is 7.32 Å². The first-order valence-electron chi connectivity index (χ1n) is 17.1. The predicted octanol–water partition coefficient (Wildman–Crippen LogP) is 12.2. The van der Waals surface area contributed by atoms with Crippen LogP contribution >= 0.6 is 36.2 Å². The summed E-state index contributed by atoms with van der Waals surface area (Å²) in [6, 6.07) is 17.5. The second kappa shape index (κ2) is 24.6. The van der Waals surface area contributed by atoms with Gasteiger partial charge in [-0.3, -0.25) is 0 Å². The molecule has 3 nitrogen and oxygen atoms in total. The Balaban J connectivity index is 1.86. The monoisotopic (exact) mass is 646 g/mol. The fourth-order valence-electron chi connectivity index (χ4n) is 5.18. The van der Waals surface area contributed by atoms with Crippen molar-refractivity contribution in [3.63, 3.8) is 0 Å². The van der Waals surface area contributed by atoms with E-state index in [4.69, 9.17) is 14.0 Å². The van der Waals surface area contributed by atoms with Gasteiger partial charge in [-0.25, -0.2) is 0 Å². The lowest BCUT2D eigenvalue weighted by atomic mass is 10.0. The van der Waals surface area contributed by atoms with Crippen LogP contribution in [0.4, 0.5) is 0 Å². The first-order valence-corrected chi connectivity index (χ1v) is 19.3. The molecule has 2 aromatic carbocycles.